The van der Waals surface area contributed by atoms with Crippen LogP contribution in [0.4, 0.5) is 5.69 Å². The molecule has 108 valence electrons. The van der Waals surface area contributed by atoms with E-state index in [4.69, 9.17) is 0 Å². The van der Waals surface area contributed by atoms with E-state index in [1.165, 1.54) is 29.7 Å². The first-order chi connectivity index (χ1) is 9.77. The van der Waals surface area contributed by atoms with Gasteiger partial charge in [0.15, 0.2) is 0 Å². The van der Waals surface area contributed by atoms with E-state index >= 15 is 0 Å². The highest BCUT2D eigenvalue weighted by Crippen LogP contribution is 2.31. The third kappa shape index (κ3) is 2.59. The lowest BCUT2D eigenvalue weighted by Crippen LogP contribution is -2.48. The monoisotopic (exact) mass is 272 g/mol. The van der Waals surface area contributed by atoms with Crippen LogP contribution in [-0.2, 0) is 11.2 Å². The van der Waals surface area contributed by atoms with Crippen LogP contribution in [0.5, 0.6) is 0 Å². The number of anilines is 1. The van der Waals surface area contributed by atoms with Gasteiger partial charge in [-0.25, -0.2) is 0 Å². The second-order valence-corrected chi connectivity index (χ2v) is 6.03. The topological polar surface area (TPSA) is 32.3 Å². The molecule has 1 aromatic rings. The molecule has 1 amide bonds. The molecule has 1 atom stereocenters. The summed E-state index contributed by atoms with van der Waals surface area (Å²) in [4.78, 5) is 14.9. The lowest BCUT2D eigenvalue weighted by molar-refractivity contribution is -0.120. The molecule has 2 aliphatic heterocycles. The first kappa shape index (κ1) is 13.6. The molecule has 0 spiro atoms. The zero-order chi connectivity index (χ0) is 13.9. The number of hydrogen-bond donors (Lipinski definition) is 1. The van der Waals surface area contributed by atoms with Crippen LogP contribution in [0.25, 0.3) is 0 Å². The smallest absolute Gasteiger partial charge is 0.244 e. The second-order valence-electron chi connectivity index (χ2n) is 6.03. The lowest BCUT2D eigenvalue weighted by Gasteiger charge is -2.33. The van der Waals surface area contributed by atoms with Gasteiger partial charge in [-0.2, -0.15) is 0 Å². The summed E-state index contributed by atoms with van der Waals surface area (Å²) >= 11 is 0. The minimum atomic E-state index is 0.0167. The van der Waals surface area contributed by atoms with Crippen LogP contribution in [0, 0.1) is 6.92 Å². The van der Waals surface area contributed by atoms with E-state index in [2.05, 4.69) is 30.4 Å². The molecule has 1 saturated heterocycles. The van der Waals surface area contributed by atoms with E-state index in [1.54, 1.807) is 0 Å². The Morgan fingerprint density at radius 3 is 3.05 bits per heavy atom. The summed E-state index contributed by atoms with van der Waals surface area (Å²) in [7, 11) is 0. The van der Waals surface area contributed by atoms with Gasteiger partial charge in [0.05, 0.1) is 6.04 Å². The maximum Gasteiger partial charge on any atom is 0.244 e. The number of fused-ring (bicyclic) bond motifs is 1. The molecule has 2 aliphatic rings. The third-order valence-electron chi connectivity index (χ3n) is 4.54. The molecule has 0 radical (unpaired) electrons. The van der Waals surface area contributed by atoms with Gasteiger partial charge in [0, 0.05) is 12.2 Å². The number of rotatable bonds is 1. The van der Waals surface area contributed by atoms with Crippen molar-refractivity contribution in [3.63, 3.8) is 0 Å². The quantitative estimate of drug-likeness (QED) is 0.852. The Hall–Kier alpha value is -1.35. The normalized spacial score (nSPS) is 23.1. The van der Waals surface area contributed by atoms with Crippen LogP contribution in [0.15, 0.2) is 18.2 Å². The van der Waals surface area contributed by atoms with Gasteiger partial charge in [0.1, 0.15) is 0 Å². The zero-order valence-electron chi connectivity index (χ0n) is 12.3. The van der Waals surface area contributed by atoms with Gasteiger partial charge >= 0.3 is 0 Å². The van der Waals surface area contributed by atoms with E-state index in [0.717, 1.165) is 38.8 Å². The molecule has 0 bridgehead atoms. The van der Waals surface area contributed by atoms with Gasteiger partial charge in [0.25, 0.3) is 0 Å². The molecule has 1 fully saturated rings. The number of nitrogens with zero attached hydrogens (tertiary/aromatic N) is 1. The minimum absolute atomic E-state index is 0.0167. The SMILES string of the molecule is Cc1cccc2c1N(C(=O)C1CCCCCN1)CCC2. The van der Waals surface area contributed by atoms with Crippen molar-refractivity contribution in [3.05, 3.63) is 29.3 Å². The molecule has 2 heterocycles. The van der Waals surface area contributed by atoms with E-state index in [1.807, 2.05) is 4.90 Å². The van der Waals surface area contributed by atoms with Crippen LogP contribution in [0.3, 0.4) is 0 Å². The highest BCUT2D eigenvalue weighted by molar-refractivity contribution is 5.99. The fourth-order valence-electron chi connectivity index (χ4n) is 3.49. The molecule has 1 aromatic carbocycles. The number of amides is 1. The molecule has 3 heteroatoms. The summed E-state index contributed by atoms with van der Waals surface area (Å²) in [6.45, 7) is 3.96. The summed E-state index contributed by atoms with van der Waals surface area (Å²) in [5, 5.41) is 3.44. The van der Waals surface area contributed by atoms with Crippen LogP contribution >= 0.6 is 0 Å². The van der Waals surface area contributed by atoms with Crippen molar-refractivity contribution in [1.82, 2.24) is 5.32 Å². The third-order valence-corrected chi connectivity index (χ3v) is 4.54. The predicted molar refractivity (Wildman–Crippen MR) is 82.1 cm³/mol. The number of nitrogens with one attached hydrogen (secondary N) is 1. The van der Waals surface area contributed by atoms with Crippen molar-refractivity contribution >= 4 is 11.6 Å². The lowest BCUT2D eigenvalue weighted by atomic mass is 9.97. The summed E-state index contributed by atoms with van der Waals surface area (Å²) in [5.74, 6) is 0.280. The molecular weight excluding hydrogens is 248 g/mol. The fraction of sp³-hybridized carbons (Fsp3) is 0.588. The number of para-hydroxylation sites is 1. The van der Waals surface area contributed by atoms with Crippen molar-refractivity contribution < 1.29 is 4.79 Å². The molecule has 0 saturated carbocycles. The summed E-state index contributed by atoms with van der Waals surface area (Å²) < 4.78 is 0. The van der Waals surface area contributed by atoms with Crippen LogP contribution in [0.1, 0.15) is 43.2 Å². The number of carbonyl (C=O) groups is 1. The Labute approximate surface area is 121 Å². The first-order valence-electron chi connectivity index (χ1n) is 7.90. The molecule has 1 N–H and O–H groups in total. The number of hydrogen-bond acceptors (Lipinski definition) is 2. The maximum atomic E-state index is 12.9. The van der Waals surface area contributed by atoms with E-state index in [0.29, 0.717) is 0 Å². The Balaban J connectivity index is 1.86. The predicted octanol–water partition coefficient (Wildman–Crippen LogP) is 2.81. The molecule has 3 nitrogen and oxygen atoms in total. The highest BCUT2D eigenvalue weighted by Gasteiger charge is 2.29. The van der Waals surface area contributed by atoms with Gasteiger partial charge in [-0.05, 0) is 50.3 Å². The molecule has 3 rings (SSSR count). The minimum Gasteiger partial charge on any atom is -0.311 e. The van der Waals surface area contributed by atoms with Gasteiger partial charge < -0.3 is 10.2 Å². The van der Waals surface area contributed by atoms with E-state index in [-0.39, 0.29) is 11.9 Å². The standard InChI is InChI=1S/C17H24N2O/c1-13-7-5-8-14-9-6-12-19(16(13)14)17(20)15-10-3-2-4-11-18-15/h5,7-8,15,18H,2-4,6,9-12H2,1H3. The van der Waals surface area contributed by atoms with E-state index < -0.39 is 0 Å². The average molecular weight is 272 g/mol. The Kier molecular flexibility index (Phi) is 4.06. The summed E-state index contributed by atoms with van der Waals surface area (Å²) in [6.07, 6.45) is 6.76. The van der Waals surface area contributed by atoms with Gasteiger partial charge in [0.2, 0.25) is 5.91 Å². The van der Waals surface area contributed by atoms with Crippen LogP contribution in [0.2, 0.25) is 0 Å². The maximum absolute atomic E-state index is 12.9. The van der Waals surface area contributed by atoms with E-state index in [9.17, 15) is 4.79 Å². The summed E-state index contributed by atoms with van der Waals surface area (Å²) in [5.41, 5.74) is 3.73. The van der Waals surface area contributed by atoms with Crippen LogP contribution in [-0.4, -0.2) is 25.0 Å². The van der Waals surface area contributed by atoms with Gasteiger partial charge in [-0.15, -0.1) is 0 Å². The van der Waals surface area contributed by atoms with Crippen molar-refractivity contribution in [2.75, 3.05) is 18.0 Å². The highest BCUT2D eigenvalue weighted by atomic mass is 16.2. The first-order valence-corrected chi connectivity index (χ1v) is 7.90. The van der Waals surface area contributed by atoms with Crippen molar-refractivity contribution in [2.45, 2.75) is 51.5 Å². The van der Waals surface area contributed by atoms with Gasteiger partial charge in [-0.1, -0.05) is 31.0 Å². The summed E-state index contributed by atoms with van der Waals surface area (Å²) in [6, 6.07) is 6.40. The molecule has 0 aliphatic carbocycles. The number of aryl methyl sites for hydroxylation is 2. The molecular formula is C17H24N2O. The number of carbonyl (C=O) groups excluding carboxylic acids is 1. The Morgan fingerprint density at radius 1 is 1.25 bits per heavy atom. The van der Waals surface area contributed by atoms with Crippen molar-refractivity contribution in [1.29, 1.82) is 0 Å². The van der Waals surface area contributed by atoms with Crippen molar-refractivity contribution in [2.24, 2.45) is 0 Å². The zero-order valence-corrected chi connectivity index (χ0v) is 12.3. The fourth-order valence-corrected chi connectivity index (χ4v) is 3.49. The average Bonchev–Trinajstić information content (AvgIpc) is 2.75. The Bertz CT molecular complexity index is 490. The Morgan fingerprint density at radius 2 is 2.15 bits per heavy atom. The second kappa shape index (κ2) is 5.96. The number of benzene rings is 1. The van der Waals surface area contributed by atoms with Gasteiger partial charge in [-0.3, -0.25) is 4.79 Å². The molecule has 20 heavy (non-hydrogen) atoms. The molecule has 0 aromatic heterocycles. The largest absolute Gasteiger partial charge is 0.311 e. The van der Waals surface area contributed by atoms with Crippen molar-refractivity contribution in [3.8, 4) is 0 Å². The van der Waals surface area contributed by atoms with Crippen LogP contribution < -0.4 is 10.2 Å². The molecule has 1 unspecified atom stereocenters.